The van der Waals surface area contributed by atoms with Gasteiger partial charge < -0.3 is 5.32 Å². The number of nitrogens with zero attached hydrogens (tertiary/aromatic N) is 1. The highest BCUT2D eigenvalue weighted by molar-refractivity contribution is 5.14. The first-order valence-corrected chi connectivity index (χ1v) is 7.92. The Balaban J connectivity index is 1.66. The van der Waals surface area contributed by atoms with Gasteiger partial charge in [-0.3, -0.25) is 4.90 Å². The summed E-state index contributed by atoms with van der Waals surface area (Å²) in [6.07, 6.45) is 6.98. The smallest absolute Gasteiger partial charge is 0.0236 e. The average Bonchev–Trinajstić information content (AvgIpc) is 2.50. The molecule has 2 heteroatoms. The summed E-state index contributed by atoms with van der Waals surface area (Å²) < 4.78 is 0. The first-order valence-electron chi connectivity index (χ1n) is 7.92. The Kier molecular flexibility index (Phi) is 4.52. The summed E-state index contributed by atoms with van der Waals surface area (Å²) in [6, 6.07) is 11.8. The van der Waals surface area contributed by atoms with Gasteiger partial charge >= 0.3 is 0 Å². The van der Waals surface area contributed by atoms with Crippen molar-refractivity contribution in [3.8, 4) is 0 Å². The van der Waals surface area contributed by atoms with Crippen LogP contribution in [-0.4, -0.2) is 30.6 Å². The first-order chi connectivity index (χ1) is 9.43. The minimum Gasteiger partial charge on any atom is -0.316 e. The van der Waals surface area contributed by atoms with Crippen LogP contribution < -0.4 is 5.32 Å². The van der Waals surface area contributed by atoms with Gasteiger partial charge in [-0.15, -0.1) is 0 Å². The molecule has 1 aromatic carbocycles. The van der Waals surface area contributed by atoms with E-state index < -0.39 is 0 Å². The van der Waals surface area contributed by atoms with Crippen molar-refractivity contribution < 1.29 is 0 Å². The quantitative estimate of drug-likeness (QED) is 0.896. The number of likely N-dealkylation sites (tertiary alicyclic amines) is 1. The number of nitrogens with one attached hydrogen (secondary N) is 1. The zero-order chi connectivity index (χ0) is 12.9. The molecular formula is C17H26N2. The number of hydrogen-bond acceptors (Lipinski definition) is 2. The molecule has 2 aliphatic rings. The zero-order valence-corrected chi connectivity index (χ0v) is 11.9. The summed E-state index contributed by atoms with van der Waals surface area (Å²) in [5.74, 6) is 0.873. The van der Waals surface area contributed by atoms with Crippen molar-refractivity contribution in [3.63, 3.8) is 0 Å². The first kappa shape index (κ1) is 13.1. The van der Waals surface area contributed by atoms with Gasteiger partial charge in [0.15, 0.2) is 0 Å². The highest BCUT2D eigenvalue weighted by Gasteiger charge is 2.30. The topological polar surface area (TPSA) is 15.3 Å². The van der Waals surface area contributed by atoms with Gasteiger partial charge in [0.25, 0.3) is 0 Å². The second kappa shape index (κ2) is 6.53. The molecule has 1 N–H and O–H groups in total. The molecule has 3 rings (SSSR count). The van der Waals surface area contributed by atoms with Crippen molar-refractivity contribution in [1.29, 1.82) is 0 Å². The Morgan fingerprint density at radius 2 is 1.95 bits per heavy atom. The van der Waals surface area contributed by atoms with Crippen LogP contribution in [0.15, 0.2) is 30.3 Å². The minimum absolute atomic E-state index is 0.807. The maximum Gasteiger partial charge on any atom is 0.0236 e. The molecule has 0 aliphatic carbocycles. The Morgan fingerprint density at radius 1 is 1.05 bits per heavy atom. The van der Waals surface area contributed by atoms with Crippen molar-refractivity contribution in [2.45, 2.75) is 44.7 Å². The van der Waals surface area contributed by atoms with E-state index in [1.54, 1.807) is 0 Å². The van der Waals surface area contributed by atoms with E-state index in [0.29, 0.717) is 0 Å². The molecule has 2 fully saturated rings. The summed E-state index contributed by atoms with van der Waals surface area (Å²) >= 11 is 0. The van der Waals surface area contributed by atoms with E-state index in [4.69, 9.17) is 0 Å². The molecule has 2 nitrogen and oxygen atoms in total. The summed E-state index contributed by atoms with van der Waals surface area (Å²) in [6.45, 7) is 4.88. The molecule has 2 atom stereocenters. The van der Waals surface area contributed by atoms with Crippen molar-refractivity contribution in [1.82, 2.24) is 10.2 Å². The molecule has 2 unspecified atom stereocenters. The number of benzene rings is 1. The fourth-order valence-corrected chi connectivity index (χ4v) is 3.77. The second-order valence-corrected chi connectivity index (χ2v) is 6.13. The van der Waals surface area contributed by atoms with E-state index in [9.17, 15) is 0 Å². The number of rotatable bonds is 3. The van der Waals surface area contributed by atoms with E-state index in [2.05, 4.69) is 40.5 Å². The SMILES string of the molecule is c1ccc(CN2CCCCC2C2CCCNC2)cc1. The zero-order valence-electron chi connectivity index (χ0n) is 11.9. The third-order valence-corrected chi connectivity index (χ3v) is 4.77. The molecular weight excluding hydrogens is 232 g/mol. The molecule has 0 amide bonds. The van der Waals surface area contributed by atoms with Crippen molar-refractivity contribution in [2.24, 2.45) is 5.92 Å². The third kappa shape index (κ3) is 3.37. The Hall–Kier alpha value is -0.860. The van der Waals surface area contributed by atoms with E-state index in [0.717, 1.165) is 18.5 Å². The summed E-state index contributed by atoms with van der Waals surface area (Å²) in [7, 11) is 0. The van der Waals surface area contributed by atoms with Gasteiger partial charge in [0.1, 0.15) is 0 Å². The summed E-state index contributed by atoms with van der Waals surface area (Å²) in [5.41, 5.74) is 1.47. The Morgan fingerprint density at radius 3 is 2.74 bits per heavy atom. The number of piperidine rings is 2. The molecule has 0 spiro atoms. The van der Waals surface area contributed by atoms with E-state index in [1.807, 2.05) is 0 Å². The summed E-state index contributed by atoms with van der Waals surface area (Å²) in [4.78, 5) is 2.75. The maximum absolute atomic E-state index is 3.59. The summed E-state index contributed by atoms with van der Waals surface area (Å²) in [5, 5.41) is 3.59. The van der Waals surface area contributed by atoms with E-state index in [-0.39, 0.29) is 0 Å². The fraction of sp³-hybridized carbons (Fsp3) is 0.647. The lowest BCUT2D eigenvalue weighted by atomic mass is 9.85. The van der Waals surface area contributed by atoms with Crippen molar-refractivity contribution >= 4 is 0 Å². The van der Waals surface area contributed by atoms with Crippen LogP contribution in [0.4, 0.5) is 0 Å². The van der Waals surface area contributed by atoms with Crippen LogP contribution in [0.25, 0.3) is 0 Å². The Bertz CT molecular complexity index is 370. The predicted molar refractivity (Wildman–Crippen MR) is 80.1 cm³/mol. The average molecular weight is 258 g/mol. The van der Waals surface area contributed by atoms with Gasteiger partial charge in [0.2, 0.25) is 0 Å². The lowest BCUT2D eigenvalue weighted by molar-refractivity contribution is 0.0802. The van der Waals surface area contributed by atoms with Crippen LogP contribution >= 0.6 is 0 Å². The molecule has 2 heterocycles. The van der Waals surface area contributed by atoms with E-state index >= 15 is 0 Å². The molecule has 104 valence electrons. The lowest BCUT2D eigenvalue weighted by Gasteiger charge is -2.42. The standard InChI is InChI=1S/C17H26N2/c1-2-7-15(8-3-1)14-19-12-5-4-10-17(19)16-9-6-11-18-13-16/h1-3,7-8,16-18H,4-6,9-14H2. The molecule has 19 heavy (non-hydrogen) atoms. The normalized spacial score (nSPS) is 29.3. The monoisotopic (exact) mass is 258 g/mol. The van der Waals surface area contributed by atoms with E-state index in [1.165, 1.54) is 57.3 Å². The molecule has 0 bridgehead atoms. The largest absolute Gasteiger partial charge is 0.316 e. The predicted octanol–water partition coefficient (Wildman–Crippen LogP) is 3.04. The fourth-order valence-electron chi connectivity index (χ4n) is 3.77. The van der Waals surface area contributed by atoms with Gasteiger partial charge in [0.05, 0.1) is 0 Å². The number of hydrogen-bond donors (Lipinski definition) is 1. The van der Waals surface area contributed by atoms with Crippen LogP contribution in [0.3, 0.4) is 0 Å². The second-order valence-electron chi connectivity index (χ2n) is 6.13. The van der Waals surface area contributed by atoms with Gasteiger partial charge in [-0.25, -0.2) is 0 Å². The Labute approximate surface area is 117 Å². The molecule has 0 aromatic heterocycles. The lowest BCUT2D eigenvalue weighted by Crippen LogP contribution is -2.48. The van der Waals surface area contributed by atoms with Crippen LogP contribution in [0.5, 0.6) is 0 Å². The highest BCUT2D eigenvalue weighted by Crippen LogP contribution is 2.28. The van der Waals surface area contributed by atoms with Crippen molar-refractivity contribution in [2.75, 3.05) is 19.6 Å². The molecule has 2 saturated heterocycles. The van der Waals surface area contributed by atoms with Gasteiger partial charge in [-0.2, -0.15) is 0 Å². The third-order valence-electron chi connectivity index (χ3n) is 4.77. The van der Waals surface area contributed by atoms with Crippen molar-refractivity contribution in [3.05, 3.63) is 35.9 Å². The minimum atomic E-state index is 0.807. The molecule has 2 aliphatic heterocycles. The van der Waals surface area contributed by atoms with Gasteiger partial charge in [-0.1, -0.05) is 36.8 Å². The van der Waals surface area contributed by atoms with Crippen LogP contribution in [0.1, 0.15) is 37.7 Å². The van der Waals surface area contributed by atoms with Crippen LogP contribution in [0.2, 0.25) is 0 Å². The van der Waals surface area contributed by atoms with Gasteiger partial charge in [-0.05, 0) is 56.8 Å². The molecule has 0 saturated carbocycles. The maximum atomic E-state index is 3.59. The molecule has 0 radical (unpaired) electrons. The van der Waals surface area contributed by atoms with Crippen LogP contribution in [-0.2, 0) is 6.54 Å². The highest BCUT2D eigenvalue weighted by atomic mass is 15.2. The molecule has 1 aromatic rings. The van der Waals surface area contributed by atoms with Crippen LogP contribution in [0, 0.1) is 5.92 Å². The van der Waals surface area contributed by atoms with Gasteiger partial charge in [0, 0.05) is 12.6 Å².